The fraction of sp³-hybridized carbons (Fsp3) is 0.526. The van der Waals surface area contributed by atoms with Gasteiger partial charge in [-0.05, 0) is 43.5 Å². The molecule has 0 aromatic heterocycles. The molecule has 3 amide bonds. The minimum absolute atomic E-state index is 0.0358. The van der Waals surface area contributed by atoms with Gasteiger partial charge in [0, 0.05) is 37.4 Å². The second-order valence-electron chi connectivity index (χ2n) is 6.98. The lowest BCUT2D eigenvalue weighted by Crippen LogP contribution is -2.34. The van der Waals surface area contributed by atoms with E-state index < -0.39 is 11.9 Å². The number of anilines is 1. The second-order valence-corrected chi connectivity index (χ2v) is 6.98. The largest absolute Gasteiger partial charge is 0.481 e. The molecular weight excluding hydrogens is 334 g/mol. The quantitative estimate of drug-likeness (QED) is 0.868. The van der Waals surface area contributed by atoms with Gasteiger partial charge in [0.1, 0.15) is 0 Å². The molecule has 2 saturated heterocycles. The van der Waals surface area contributed by atoms with Gasteiger partial charge < -0.3 is 20.2 Å². The van der Waals surface area contributed by atoms with Gasteiger partial charge in [0.2, 0.25) is 0 Å². The van der Waals surface area contributed by atoms with Crippen LogP contribution in [0.2, 0.25) is 0 Å². The molecule has 2 aliphatic rings. The van der Waals surface area contributed by atoms with Crippen molar-refractivity contribution in [1.82, 2.24) is 9.80 Å². The number of nitrogens with zero attached hydrogens (tertiary/aromatic N) is 2. The van der Waals surface area contributed by atoms with Crippen molar-refractivity contribution in [3.63, 3.8) is 0 Å². The van der Waals surface area contributed by atoms with Crippen LogP contribution < -0.4 is 5.32 Å². The third-order valence-electron chi connectivity index (χ3n) is 5.10. The van der Waals surface area contributed by atoms with Crippen LogP contribution in [-0.2, 0) is 4.79 Å². The molecule has 0 aliphatic carbocycles. The summed E-state index contributed by atoms with van der Waals surface area (Å²) in [5, 5.41) is 11.8. The summed E-state index contributed by atoms with van der Waals surface area (Å²) in [6.07, 6.45) is 4.92. The molecule has 1 unspecified atom stereocenters. The number of carbonyl (C=O) groups excluding carboxylic acids is 2. The summed E-state index contributed by atoms with van der Waals surface area (Å²) in [4.78, 5) is 39.2. The first-order valence-corrected chi connectivity index (χ1v) is 9.22. The van der Waals surface area contributed by atoms with Gasteiger partial charge in [-0.15, -0.1) is 0 Å². The van der Waals surface area contributed by atoms with E-state index in [1.165, 1.54) is 17.7 Å². The highest BCUT2D eigenvalue weighted by molar-refractivity contribution is 5.95. The van der Waals surface area contributed by atoms with E-state index in [1.807, 2.05) is 4.90 Å². The Hall–Kier alpha value is -2.57. The summed E-state index contributed by atoms with van der Waals surface area (Å²) in [5.41, 5.74) is 1.22. The summed E-state index contributed by atoms with van der Waals surface area (Å²) in [7, 11) is 0. The molecule has 2 fully saturated rings. The van der Waals surface area contributed by atoms with Crippen molar-refractivity contribution < 1.29 is 19.5 Å². The number of urea groups is 1. The maximum atomic E-state index is 12.6. The number of aliphatic carboxylic acids is 1. The number of nitrogens with one attached hydrogen (secondary N) is 1. The fourth-order valence-electron chi connectivity index (χ4n) is 3.50. The number of carboxylic acid groups (broad SMARTS) is 1. The van der Waals surface area contributed by atoms with Crippen LogP contribution in [0.5, 0.6) is 0 Å². The Morgan fingerprint density at radius 3 is 2.15 bits per heavy atom. The van der Waals surface area contributed by atoms with Gasteiger partial charge in [-0.2, -0.15) is 0 Å². The molecule has 0 bridgehead atoms. The first-order chi connectivity index (χ1) is 12.5. The zero-order valence-electron chi connectivity index (χ0n) is 14.8. The molecule has 3 rings (SSSR count). The summed E-state index contributed by atoms with van der Waals surface area (Å²) in [6.45, 7) is 2.27. The smallest absolute Gasteiger partial charge is 0.321 e. The van der Waals surface area contributed by atoms with Crippen LogP contribution in [0, 0.1) is 5.92 Å². The zero-order valence-corrected chi connectivity index (χ0v) is 14.8. The van der Waals surface area contributed by atoms with Crippen LogP contribution in [0.25, 0.3) is 0 Å². The van der Waals surface area contributed by atoms with Gasteiger partial charge in [-0.25, -0.2) is 4.79 Å². The van der Waals surface area contributed by atoms with E-state index in [4.69, 9.17) is 5.11 Å². The van der Waals surface area contributed by atoms with E-state index in [0.29, 0.717) is 24.2 Å². The molecule has 1 aromatic rings. The Balaban J connectivity index is 1.56. The van der Waals surface area contributed by atoms with E-state index >= 15 is 0 Å². The van der Waals surface area contributed by atoms with Gasteiger partial charge in [0.25, 0.3) is 5.91 Å². The molecule has 1 aromatic carbocycles. The number of amides is 3. The molecule has 0 saturated carbocycles. The van der Waals surface area contributed by atoms with Crippen molar-refractivity contribution in [3.05, 3.63) is 29.8 Å². The van der Waals surface area contributed by atoms with Crippen LogP contribution in [0.1, 0.15) is 42.5 Å². The number of hydrogen-bond acceptors (Lipinski definition) is 3. The number of carbonyl (C=O) groups is 3. The lowest BCUT2D eigenvalue weighted by Gasteiger charge is -2.20. The second kappa shape index (κ2) is 8.21. The van der Waals surface area contributed by atoms with E-state index in [1.54, 1.807) is 24.3 Å². The van der Waals surface area contributed by atoms with Crippen molar-refractivity contribution in [2.75, 3.05) is 31.5 Å². The lowest BCUT2D eigenvalue weighted by molar-refractivity contribution is -0.141. The van der Waals surface area contributed by atoms with Gasteiger partial charge in [-0.1, -0.05) is 12.8 Å². The summed E-state index contributed by atoms with van der Waals surface area (Å²) in [6, 6.07) is 6.58. The van der Waals surface area contributed by atoms with Crippen LogP contribution in [0.4, 0.5) is 10.5 Å². The fourth-order valence-corrected chi connectivity index (χ4v) is 3.50. The highest BCUT2D eigenvalue weighted by Gasteiger charge is 2.30. The average molecular weight is 359 g/mol. The van der Waals surface area contributed by atoms with Crippen molar-refractivity contribution in [2.24, 2.45) is 5.92 Å². The lowest BCUT2D eigenvalue weighted by atomic mass is 10.1. The van der Waals surface area contributed by atoms with Crippen LogP contribution in [-0.4, -0.2) is 59.0 Å². The number of rotatable bonds is 3. The number of likely N-dealkylation sites (tertiary alicyclic amines) is 2. The van der Waals surface area contributed by atoms with E-state index in [0.717, 1.165) is 25.9 Å². The average Bonchev–Trinajstić information content (AvgIpc) is 2.99. The van der Waals surface area contributed by atoms with E-state index in [-0.39, 0.29) is 18.5 Å². The van der Waals surface area contributed by atoms with Gasteiger partial charge in [-0.3, -0.25) is 9.59 Å². The monoisotopic (exact) mass is 359 g/mol. The van der Waals surface area contributed by atoms with Crippen molar-refractivity contribution in [2.45, 2.75) is 32.1 Å². The molecule has 7 nitrogen and oxygen atoms in total. The predicted octanol–water partition coefficient (Wildman–Crippen LogP) is 2.64. The predicted molar refractivity (Wildman–Crippen MR) is 97.1 cm³/mol. The highest BCUT2D eigenvalue weighted by atomic mass is 16.4. The third-order valence-corrected chi connectivity index (χ3v) is 5.10. The van der Waals surface area contributed by atoms with E-state index in [2.05, 4.69) is 5.32 Å². The maximum Gasteiger partial charge on any atom is 0.321 e. The molecule has 26 heavy (non-hydrogen) atoms. The molecule has 0 radical (unpaired) electrons. The Kier molecular flexibility index (Phi) is 5.75. The Morgan fingerprint density at radius 1 is 0.923 bits per heavy atom. The Labute approximate surface area is 153 Å². The minimum Gasteiger partial charge on any atom is -0.481 e. The topological polar surface area (TPSA) is 90.0 Å². The zero-order chi connectivity index (χ0) is 18.5. The van der Waals surface area contributed by atoms with Crippen molar-refractivity contribution >= 4 is 23.6 Å². The molecule has 2 aliphatic heterocycles. The van der Waals surface area contributed by atoms with Gasteiger partial charge >= 0.3 is 12.0 Å². The number of benzene rings is 1. The standard InChI is InChI=1S/C19H25N3O4/c23-17(21-10-3-1-2-4-11-21)14-5-7-16(8-6-14)20-19(26)22-12-9-15(13-22)18(24)25/h5-8,15H,1-4,9-13H2,(H,20,26)(H,24,25). The van der Waals surface area contributed by atoms with Crippen LogP contribution >= 0.6 is 0 Å². The van der Waals surface area contributed by atoms with Crippen molar-refractivity contribution in [1.29, 1.82) is 0 Å². The SMILES string of the molecule is O=C(O)C1CCN(C(=O)Nc2ccc(C(=O)N3CCCCCC3)cc2)C1. The third kappa shape index (κ3) is 4.33. The maximum absolute atomic E-state index is 12.6. The molecule has 7 heteroatoms. The minimum atomic E-state index is -0.864. The van der Waals surface area contributed by atoms with E-state index in [9.17, 15) is 14.4 Å². The summed E-state index contributed by atoms with van der Waals surface area (Å²) >= 11 is 0. The number of carboxylic acids is 1. The Morgan fingerprint density at radius 2 is 1.58 bits per heavy atom. The van der Waals surface area contributed by atoms with Gasteiger partial charge in [0.15, 0.2) is 0 Å². The normalized spacial score (nSPS) is 20.5. The Bertz CT molecular complexity index is 666. The molecule has 2 heterocycles. The first kappa shape index (κ1) is 18.2. The first-order valence-electron chi connectivity index (χ1n) is 9.22. The highest BCUT2D eigenvalue weighted by Crippen LogP contribution is 2.19. The summed E-state index contributed by atoms with van der Waals surface area (Å²) < 4.78 is 0. The van der Waals surface area contributed by atoms with Crippen molar-refractivity contribution in [3.8, 4) is 0 Å². The molecule has 140 valence electrons. The molecule has 2 N–H and O–H groups in total. The molecular formula is C19H25N3O4. The van der Waals surface area contributed by atoms with Crippen LogP contribution in [0.15, 0.2) is 24.3 Å². The number of hydrogen-bond donors (Lipinski definition) is 2. The summed E-state index contributed by atoms with van der Waals surface area (Å²) in [5.74, 6) is -1.32. The molecule has 1 atom stereocenters. The van der Waals surface area contributed by atoms with Crippen LogP contribution in [0.3, 0.4) is 0 Å². The van der Waals surface area contributed by atoms with Gasteiger partial charge in [0.05, 0.1) is 5.92 Å². The molecule has 0 spiro atoms.